The Morgan fingerprint density at radius 3 is 2.60 bits per heavy atom. The second-order valence-electron chi connectivity index (χ2n) is 5.77. The lowest BCUT2D eigenvalue weighted by Crippen LogP contribution is -2.28. The van der Waals surface area contributed by atoms with Crippen LogP contribution < -0.4 is 10.1 Å². The minimum atomic E-state index is 0.337. The lowest BCUT2D eigenvalue weighted by atomic mass is 9.96. The predicted octanol–water partition coefficient (Wildman–Crippen LogP) is 3.14. The van der Waals surface area contributed by atoms with E-state index in [0.717, 1.165) is 12.3 Å². The van der Waals surface area contributed by atoms with Crippen LogP contribution in [0, 0.1) is 11.8 Å². The molecule has 0 bridgehead atoms. The van der Waals surface area contributed by atoms with E-state index in [1.807, 2.05) is 19.1 Å². The fraction of sp³-hybridized carbons (Fsp3) is 0.647. The molecule has 2 rings (SSSR count). The molecule has 2 N–H and O–H groups in total. The van der Waals surface area contributed by atoms with E-state index >= 15 is 0 Å². The van der Waals surface area contributed by atoms with Gasteiger partial charge in [0.15, 0.2) is 0 Å². The van der Waals surface area contributed by atoms with E-state index in [1.54, 1.807) is 0 Å². The predicted molar refractivity (Wildman–Crippen MR) is 81.9 cm³/mol. The quantitative estimate of drug-likeness (QED) is 0.804. The van der Waals surface area contributed by atoms with Crippen LogP contribution in [0.25, 0.3) is 0 Å². The summed E-state index contributed by atoms with van der Waals surface area (Å²) >= 11 is 0. The Labute approximate surface area is 122 Å². The Bertz CT molecular complexity index is 390. The maximum atomic E-state index is 9.36. The SMILES string of the molecule is CCOc1ccc(C(C)NCC2CCCC2CO)cc1. The van der Waals surface area contributed by atoms with Gasteiger partial charge in [-0.15, -0.1) is 0 Å². The van der Waals surface area contributed by atoms with Crippen LogP contribution in [0.4, 0.5) is 0 Å². The first kappa shape index (κ1) is 15.3. The fourth-order valence-corrected chi connectivity index (χ4v) is 3.09. The van der Waals surface area contributed by atoms with Crippen LogP contribution in [0.5, 0.6) is 5.75 Å². The summed E-state index contributed by atoms with van der Waals surface area (Å²) in [6.07, 6.45) is 3.68. The average molecular weight is 277 g/mol. The molecule has 0 radical (unpaired) electrons. The fourth-order valence-electron chi connectivity index (χ4n) is 3.09. The van der Waals surface area contributed by atoms with Gasteiger partial charge < -0.3 is 15.2 Å². The minimum Gasteiger partial charge on any atom is -0.494 e. The van der Waals surface area contributed by atoms with Gasteiger partial charge in [0.1, 0.15) is 5.75 Å². The molecule has 1 aliphatic rings. The largest absolute Gasteiger partial charge is 0.494 e. The summed E-state index contributed by atoms with van der Waals surface area (Å²) in [6.45, 7) is 6.23. The van der Waals surface area contributed by atoms with Crippen molar-refractivity contribution in [3.05, 3.63) is 29.8 Å². The van der Waals surface area contributed by atoms with Crippen LogP contribution in [0.1, 0.15) is 44.7 Å². The van der Waals surface area contributed by atoms with Crippen LogP contribution >= 0.6 is 0 Å². The maximum Gasteiger partial charge on any atom is 0.119 e. The summed E-state index contributed by atoms with van der Waals surface area (Å²) in [7, 11) is 0. The van der Waals surface area contributed by atoms with Gasteiger partial charge in [0, 0.05) is 12.6 Å². The van der Waals surface area contributed by atoms with Crippen LogP contribution in [-0.4, -0.2) is 24.9 Å². The number of rotatable bonds is 7. The normalized spacial score (nSPS) is 23.8. The van der Waals surface area contributed by atoms with Gasteiger partial charge in [-0.3, -0.25) is 0 Å². The van der Waals surface area contributed by atoms with E-state index in [9.17, 15) is 5.11 Å². The molecule has 0 saturated heterocycles. The number of hydrogen-bond donors (Lipinski definition) is 2. The highest BCUT2D eigenvalue weighted by molar-refractivity contribution is 5.28. The van der Waals surface area contributed by atoms with E-state index in [2.05, 4.69) is 24.4 Å². The molecular weight excluding hydrogens is 250 g/mol. The molecule has 3 heteroatoms. The first-order valence-electron chi connectivity index (χ1n) is 7.81. The van der Waals surface area contributed by atoms with Gasteiger partial charge in [-0.25, -0.2) is 0 Å². The Morgan fingerprint density at radius 1 is 1.25 bits per heavy atom. The number of nitrogens with one attached hydrogen (secondary N) is 1. The van der Waals surface area contributed by atoms with E-state index in [4.69, 9.17) is 4.74 Å². The van der Waals surface area contributed by atoms with Gasteiger partial charge in [-0.2, -0.15) is 0 Å². The van der Waals surface area contributed by atoms with E-state index < -0.39 is 0 Å². The third-order valence-corrected chi connectivity index (χ3v) is 4.43. The summed E-state index contributed by atoms with van der Waals surface area (Å²) in [5.41, 5.74) is 1.28. The molecule has 1 saturated carbocycles. The van der Waals surface area contributed by atoms with Crippen molar-refractivity contribution in [3.8, 4) is 5.75 Å². The monoisotopic (exact) mass is 277 g/mol. The molecular formula is C17H27NO2. The van der Waals surface area contributed by atoms with Gasteiger partial charge in [-0.05, 0) is 62.8 Å². The van der Waals surface area contributed by atoms with Crippen LogP contribution in [0.3, 0.4) is 0 Å². The van der Waals surface area contributed by atoms with E-state index in [0.29, 0.717) is 31.1 Å². The molecule has 0 spiro atoms. The summed E-state index contributed by atoms with van der Waals surface area (Å²) in [4.78, 5) is 0. The highest BCUT2D eigenvalue weighted by atomic mass is 16.5. The minimum absolute atomic E-state index is 0.337. The third-order valence-electron chi connectivity index (χ3n) is 4.43. The molecule has 112 valence electrons. The first-order valence-corrected chi connectivity index (χ1v) is 7.81. The average Bonchev–Trinajstić information content (AvgIpc) is 2.93. The van der Waals surface area contributed by atoms with Gasteiger partial charge in [0.05, 0.1) is 6.61 Å². The number of benzene rings is 1. The molecule has 20 heavy (non-hydrogen) atoms. The molecule has 0 aromatic heterocycles. The van der Waals surface area contributed by atoms with Gasteiger partial charge >= 0.3 is 0 Å². The smallest absolute Gasteiger partial charge is 0.119 e. The molecule has 0 heterocycles. The molecule has 1 aromatic carbocycles. The molecule has 1 fully saturated rings. The maximum absolute atomic E-state index is 9.36. The number of ether oxygens (including phenoxy) is 1. The number of aliphatic hydroxyl groups excluding tert-OH is 1. The summed E-state index contributed by atoms with van der Waals surface area (Å²) < 4.78 is 5.46. The highest BCUT2D eigenvalue weighted by Gasteiger charge is 2.26. The highest BCUT2D eigenvalue weighted by Crippen LogP contribution is 2.31. The van der Waals surface area contributed by atoms with Gasteiger partial charge in [0.2, 0.25) is 0 Å². The van der Waals surface area contributed by atoms with Crippen LogP contribution in [0.15, 0.2) is 24.3 Å². The molecule has 3 nitrogen and oxygen atoms in total. The van der Waals surface area contributed by atoms with Crippen molar-refractivity contribution in [3.63, 3.8) is 0 Å². The molecule has 3 atom stereocenters. The van der Waals surface area contributed by atoms with Crippen molar-refractivity contribution in [2.75, 3.05) is 19.8 Å². The first-order chi connectivity index (χ1) is 9.74. The van der Waals surface area contributed by atoms with Crippen molar-refractivity contribution < 1.29 is 9.84 Å². The lowest BCUT2D eigenvalue weighted by molar-refractivity contribution is 0.190. The number of aliphatic hydroxyl groups is 1. The van der Waals surface area contributed by atoms with Gasteiger partial charge in [-0.1, -0.05) is 18.6 Å². The molecule has 0 amide bonds. The van der Waals surface area contributed by atoms with E-state index in [1.165, 1.54) is 24.8 Å². The van der Waals surface area contributed by atoms with Crippen molar-refractivity contribution in [2.24, 2.45) is 11.8 Å². The molecule has 3 unspecified atom stereocenters. The lowest BCUT2D eigenvalue weighted by Gasteiger charge is -2.21. The Balaban J connectivity index is 1.83. The Morgan fingerprint density at radius 2 is 1.95 bits per heavy atom. The van der Waals surface area contributed by atoms with E-state index in [-0.39, 0.29) is 0 Å². The van der Waals surface area contributed by atoms with Crippen LogP contribution in [0.2, 0.25) is 0 Å². The standard InChI is InChI=1S/C17H27NO2/c1-3-20-17-9-7-14(8-10-17)13(2)18-11-15-5-4-6-16(15)12-19/h7-10,13,15-16,18-19H,3-6,11-12H2,1-2H3. The number of hydrogen-bond acceptors (Lipinski definition) is 3. The molecule has 1 aromatic rings. The summed E-state index contributed by atoms with van der Waals surface area (Å²) in [5.74, 6) is 2.06. The Hall–Kier alpha value is -1.06. The molecule has 0 aliphatic heterocycles. The second-order valence-corrected chi connectivity index (χ2v) is 5.77. The summed E-state index contributed by atoms with van der Waals surface area (Å²) in [6, 6.07) is 8.65. The van der Waals surface area contributed by atoms with Crippen molar-refractivity contribution in [1.29, 1.82) is 0 Å². The van der Waals surface area contributed by atoms with Crippen LogP contribution in [-0.2, 0) is 0 Å². The topological polar surface area (TPSA) is 41.5 Å². The van der Waals surface area contributed by atoms with Crippen molar-refractivity contribution in [1.82, 2.24) is 5.32 Å². The Kier molecular flexibility index (Phi) is 5.86. The van der Waals surface area contributed by atoms with Crippen molar-refractivity contribution >= 4 is 0 Å². The van der Waals surface area contributed by atoms with Crippen molar-refractivity contribution in [2.45, 2.75) is 39.2 Å². The zero-order valence-corrected chi connectivity index (χ0v) is 12.6. The zero-order valence-electron chi connectivity index (χ0n) is 12.6. The van der Waals surface area contributed by atoms with Gasteiger partial charge in [0.25, 0.3) is 0 Å². The molecule has 1 aliphatic carbocycles. The summed E-state index contributed by atoms with van der Waals surface area (Å²) in [5, 5.41) is 13.0. The third kappa shape index (κ3) is 3.97. The second kappa shape index (κ2) is 7.65. The zero-order chi connectivity index (χ0) is 14.4.